The van der Waals surface area contributed by atoms with Gasteiger partial charge in [-0.15, -0.1) is 0 Å². The molecule has 4 heteroatoms. The Balaban J connectivity index is 2.10. The molecule has 0 fully saturated rings. The highest BCUT2D eigenvalue weighted by atomic mass is 16.5. The van der Waals surface area contributed by atoms with Crippen LogP contribution in [0.5, 0.6) is 0 Å². The second-order valence-electron chi connectivity index (χ2n) is 3.26. The molecule has 1 unspecified atom stereocenters. The SMILES string of the molecule is COC(Cc1ccccc1)n1cncn1. The molecule has 0 radical (unpaired) electrons. The average Bonchev–Trinajstić information content (AvgIpc) is 2.81. The van der Waals surface area contributed by atoms with Crippen molar-refractivity contribution in [3.8, 4) is 0 Å². The largest absolute Gasteiger partial charge is 0.359 e. The summed E-state index contributed by atoms with van der Waals surface area (Å²) in [7, 11) is 1.68. The molecule has 1 atom stereocenters. The molecular weight excluding hydrogens is 190 g/mol. The molecular formula is C11H13N3O. The summed E-state index contributed by atoms with van der Waals surface area (Å²) in [5.41, 5.74) is 1.22. The first-order valence-corrected chi connectivity index (χ1v) is 4.81. The lowest BCUT2D eigenvalue weighted by Crippen LogP contribution is -2.14. The van der Waals surface area contributed by atoms with E-state index in [0.717, 1.165) is 6.42 Å². The second kappa shape index (κ2) is 4.70. The molecule has 0 aliphatic heterocycles. The Kier molecular flexibility index (Phi) is 3.09. The Hall–Kier alpha value is -1.68. The number of hydrogen-bond donors (Lipinski definition) is 0. The fourth-order valence-corrected chi connectivity index (χ4v) is 1.47. The van der Waals surface area contributed by atoms with E-state index in [2.05, 4.69) is 22.2 Å². The summed E-state index contributed by atoms with van der Waals surface area (Å²) < 4.78 is 7.07. The van der Waals surface area contributed by atoms with Gasteiger partial charge < -0.3 is 4.74 Å². The minimum Gasteiger partial charge on any atom is -0.359 e. The van der Waals surface area contributed by atoms with Crippen LogP contribution in [0.2, 0.25) is 0 Å². The molecule has 0 N–H and O–H groups in total. The first kappa shape index (κ1) is 9.86. The van der Waals surface area contributed by atoms with Crippen LogP contribution in [0.3, 0.4) is 0 Å². The van der Waals surface area contributed by atoms with Crippen LogP contribution >= 0.6 is 0 Å². The summed E-state index contributed by atoms with van der Waals surface area (Å²) in [6.07, 6.45) is 3.88. The zero-order chi connectivity index (χ0) is 10.5. The van der Waals surface area contributed by atoms with Gasteiger partial charge in [0.05, 0.1) is 0 Å². The van der Waals surface area contributed by atoms with Crippen molar-refractivity contribution in [1.82, 2.24) is 14.8 Å². The first-order valence-electron chi connectivity index (χ1n) is 4.81. The monoisotopic (exact) mass is 203 g/mol. The Morgan fingerprint density at radius 2 is 2.13 bits per heavy atom. The second-order valence-corrected chi connectivity index (χ2v) is 3.26. The molecule has 0 saturated heterocycles. The average molecular weight is 203 g/mol. The Labute approximate surface area is 88.5 Å². The van der Waals surface area contributed by atoms with Gasteiger partial charge in [-0.05, 0) is 5.56 Å². The zero-order valence-electron chi connectivity index (χ0n) is 8.58. The molecule has 15 heavy (non-hydrogen) atoms. The molecule has 0 aliphatic carbocycles. The van der Waals surface area contributed by atoms with Gasteiger partial charge in [-0.1, -0.05) is 30.3 Å². The summed E-state index contributed by atoms with van der Waals surface area (Å²) in [6, 6.07) is 10.2. The van der Waals surface area contributed by atoms with E-state index < -0.39 is 0 Å². The summed E-state index contributed by atoms with van der Waals surface area (Å²) >= 11 is 0. The maximum Gasteiger partial charge on any atom is 0.155 e. The predicted molar refractivity (Wildman–Crippen MR) is 56.2 cm³/mol. The Morgan fingerprint density at radius 3 is 2.73 bits per heavy atom. The molecule has 1 heterocycles. The predicted octanol–water partition coefficient (Wildman–Crippen LogP) is 1.67. The molecule has 2 rings (SSSR count). The van der Waals surface area contributed by atoms with Gasteiger partial charge in [0, 0.05) is 13.5 Å². The maximum atomic E-state index is 5.36. The Bertz CT molecular complexity index is 385. The van der Waals surface area contributed by atoms with Crippen molar-refractivity contribution in [2.45, 2.75) is 12.6 Å². The molecule has 1 aromatic carbocycles. The van der Waals surface area contributed by atoms with Gasteiger partial charge in [0.1, 0.15) is 12.7 Å². The standard InChI is InChI=1S/C11H13N3O/c1-15-11(14-9-12-8-13-14)7-10-5-3-2-4-6-10/h2-6,8-9,11H,7H2,1H3. The lowest BCUT2D eigenvalue weighted by molar-refractivity contribution is 0.0340. The van der Waals surface area contributed by atoms with Gasteiger partial charge in [-0.2, -0.15) is 5.10 Å². The van der Waals surface area contributed by atoms with Crippen LogP contribution in [0, 0.1) is 0 Å². The van der Waals surface area contributed by atoms with Gasteiger partial charge in [0.15, 0.2) is 6.23 Å². The van der Waals surface area contributed by atoms with Gasteiger partial charge in [0.2, 0.25) is 0 Å². The number of ether oxygens (including phenoxy) is 1. The summed E-state index contributed by atoms with van der Waals surface area (Å²) in [4.78, 5) is 3.90. The van der Waals surface area contributed by atoms with E-state index in [1.165, 1.54) is 11.9 Å². The van der Waals surface area contributed by atoms with Gasteiger partial charge in [0.25, 0.3) is 0 Å². The van der Waals surface area contributed by atoms with E-state index in [4.69, 9.17) is 4.74 Å². The van der Waals surface area contributed by atoms with Crippen LogP contribution in [0.1, 0.15) is 11.8 Å². The molecule has 0 spiro atoms. The van der Waals surface area contributed by atoms with Crippen molar-refractivity contribution in [2.75, 3.05) is 7.11 Å². The first-order chi connectivity index (χ1) is 7.40. The highest BCUT2D eigenvalue weighted by Crippen LogP contribution is 2.12. The van der Waals surface area contributed by atoms with Crippen molar-refractivity contribution in [1.29, 1.82) is 0 Å². The van der Waals surface area contributed by atoms with Crippen LogP contribution in [-0.4, -0.2) is 21.9 Å². The Morgan fingerprint density at radius 1 is 1.33 bits per heavy atom. The van der Waals surface area contributed by atoms with Crippen molar-refractivity contribution >= 4 is 0 Å². The number of hydrogen-bond acceptors (Lipinski definition) is 3. The molecule has 0 saturated carbocycles. The van der Waals surface area contributed by atoms with Crippen molar-refractivity contribution in [3.05, 3.63) is 48.5 Å². The summed E-state index contributed by atoms with van der Waals surface area (Å²) in [6.45, 7) is 0. The van der Waals surface area contributed by atoms with E-state index in [1.54, 1.807) is 18.1 Å². The van der Waals surface area contributed by atoms with Gasteiger partial charge in [-0.3, -0.25) is 0 Å². The molecule has 4 nitrogen and oxygen atoms in total. The van der Waals surface area contributed by atoms with Gasteiger partial charge >= 0.3 is 0 Å². The molecule has 78 valence electrons. The maximum absolute atomic E-state index is 5.36. The normalized spacial score (nSPS) is 12.6. The quantitative estimate of drug-likeness (QED) is 0.758. The number of nitrogens with zero attached hydrogens (tertiary/aromatic N) is 3. The fourth-order valence-electron chi connectivity index (χ4n) is 1.47. The summed E-state index contributed by atoms with van der Waals surface area (Å²) in [5, 5.41) is 4.06. The van der Waals surface area contributed by atoms with E-state index in [0.29, 0.717) is 0 Å². The van der Waals surface area contributed by atoms with Crippen LogP contribution in [-0.2, 0) is 11.2 Å². The topological polar surface area (TPSA) is 39.9 Å². The third kappa shape index (κ3) is 2.41. The van der Waals surface area contributed by atoms with Crippen molar-refractivity contribution in [2.24, 2.45) is 0 Å². The number of methoxy groups -OCH3 is 1. The third-order valence-corrected chi connectivity index (χ3v) is 2.26. The highest BCUT2D eigenvalue weighted by Gasteiger charge is 2.10. The van der Waals surface area contributed by atoms with Gasteiger partial charge in [-0.25, -0.2) is 9.67 Å². The van der Waals surface area contributed by atoms with Crippen LogP contribution in [0.15, 0.2) is 43.0 Å². The molecule has 1 aromatic heterocycles. The van der Waals surface area contributed by atoms with Crippen molar-refractivity contribution < 1.29 is 4.74 Å². The zero-order valence-corrected chi connectivity index (χ0v) is 8.58. The summed E-state index contributed by atoms with van der Waals surface area (Å²) in [5.74, 6) is 0. The number of rotatable bonds is 4. The molecule has 2 aromatic rings. The third-order valence-electron chi connectivity index (χ3n) is 2.26. The lowest BCUT2D eigenvalue weighted by atomic mass is 10.1. The fraction of sp³-hybridized carbons (Fsp3) is 0.273. The number of aromatic nitrogens is 3. The lowest BCUT2D eigenvalue weighted by Gasteiger charge is -2.14. The van der Waals surface area contributed by atoms with Crippen LogP contribution in [0.25, 0.3) is 0 Å². The van der Waals surface area contributed by atoms with Crippen LogP contribution < -0.4 is 0 Å². The van der Waals surface area contributed by atoms with E-state index in [9.17, 15) is 0 Å². The van der Waals surface area contributed by atoms with E-state index in [-0.39, 0.29) is 6.23 Å². The molecule has 0 bridgehead atoms. The number of benzene rings is 1. The molecule has 0 aliphatic rings. The van der Waals surface area contributed by atoms with E-state index >= 15 is 0 Å². The van der Waals surface area contributed by atoms with E-state index in [1.807, 2.05) is 18.2 Å². The minimum absolute atomic E-state index is 0.0881. The molecule has 0 amide bonds. The van der Waals surface area contributed by atoms with Crippen molar-refractivity contribution in [3.63, 3.8) is 0 Å². The highest BCUT2D eigenvalue weighted by molar-refractivity contribution is 5.15. The van der Waals surface area contributed by atoms with Crippen LogP contribution in [0.4, 0.5) is 0 Å². The smallest absolute Gasteiger partial charge is 0.155 e. The minimum atomic E-state index is -0.0881.